The predicted molar refractivity (Wildman–Crippen MR) is 82.9 cm³/mol. The van der Waals surface area contributed by atoms with Gasteiger partial charge in [0.05, 0.1) is 12.3 Å². The number of benzene rings is 1. The molecule has 0 aliphatic heterocycles. The molecule has 0 bridgehead atoms. The standard InChI is InChI=1S/C14H20ClN3O3/c1-3-8-21-13-5-4-11(15)9-12(13)18-14(20)17-7-6-16-10(2)19/h4-5,9H,3,6-8H2,1-2H3,(H,16,19)(H2,17,18,20). The second-order valence-corrected chi connectivity index (χ2v) is 4.79. The summed E-state index contributed by atoms with van der Waals surface area (Å²) in [5.74, 6) is 0.431. The lowest BCUT2D eigenvalue weighted by Crippen LogP contribution is -2.36. The van der Waals surface area contributed by atoms with E-state index in [2.05, 4.69) is 16.0 Å². The van der Waals surface area contributed by atoms with Crippen LogP contribution in [-0.4, -0.2) is 31.6 Å². The van der Waals surface area contributed by atoms with Gasteiger partial charge in [-0.15, -0.1) is 0 Å². The van der Waals surface area contributed by atoms with Crippen molar-refractivity contribution in [3.05, 3.63) is 23.2 Å². The fourth-order valence-corrected chi connectivity index (χ4v) is 1.69. The Balaban J connectivity index is 2.53. The van der Waals surface area contributed by atoms with Crippen molar-refractivity contribution in [3.8, 4) is 5.75 Å². The van der Waals surface area contributed by atoms with E-state index in [1.807, 2.05) is 6.92 Å². The number of ether oxygens (including phenoxy) is 1. The highest BCUT2D eigenvalue weighted by Crippen LogP contribution is 2.28. The van der Waals surface area contributed by atoms with E-state index in [1.165, 1.54) is 6.92 Å². The van der Waals surface area contributed by atoms with Crippen LogP contribution in [0.3, 0.4) is 0 Å². The molecule has 116 valence electrons. The highest BCUT2D eigenvalue weighted by Gasteiger charge is 2.08. The monoisotopic (exact) mass is 313 g/mol. The quantitative estimate of drug-likeness (QED) is 0.676. The molecular formula is C14H20ClN3O3. The minimum Gasteiger partial charge on any atom is -0.491 e. The number of halogens is 1. The van der Waals surface area contributed by atoms with Gasteiger partial charge >= 0.3 is 6.03 Å². The van der Waals surface area contributed by atoms with Crippen molar-refractivity contribution >= 4 is 29.2 Å². The summed E-state index contributed by atoms with van der Waals surface area (Å²) in [6.45, 7) is 4.68. The fraction of sp³-hybridized carbons (Fsp3) is 0.429. The third-order valence-corrected chi connectivity index (χ3v) is 2.67. The van der Waals surface area contributed by atoms with Gasteiger partial charge in [0, 0.05) is 25.0 Å². The second-order valence-electron chi connectivity index (χ2n) is 4.35. The first kappa shape index (κ1) is 17.1. The van der Waals surface area contributed by atoms with E-state index < -0.39 is 0 Å². The van der Waals surface area contributed by atoms with Gasteiger partial charge in [0.2, 0.25) is 5.91 Å². The summed E-state index contributed by atoms with van der Waals surface area (Å²) in [6.07, 6.45) is 0.866. The summed E-state index contributed by atoms with van der Waals surface area (Å²) in [5, 5.41) is 8.39. The Kier molecular flexibility index (Phi) is 7.39. The lowest BCUT2D eigenvalue weighted by molar-refractivity contribution is -0.118. The first-order chi connectivity index (χ1) is 10.0. The Morgan fingerprint density at radius 1 is 1.24 bits per heavy atom. The van der Waals surface area contributed by atoms with Crippen LogP contribution >= 0.6 is 11.6 Å². The van der Waals surface area contributed by atoms with Crippen LogP contribution in [-0.2, 0) is 4.79 Å². The Bertz CT molecular complexity index is 494. The van der Waals surface area contributed by atoms with Gasteiger partial charge in [-0.05, 0) is 24.6 Å². The Morgan fingerprint density at radius 3 is 2.62 bits per heavy atom. The maximum Gasteiger partial charge on any atom is 0.319 e. The van der Waals surface area contributed by atoms with E-state index in [0.29, 0.717) is 36.2 Å². The van der Waals surface area contributed by atoms with Crippen molar-refractivity contribution in [1.29, 1.82) is 0 Å². The molecule has 6 nitrogen and oxygen atoms in total. The predicted octanol–water partition coefficient (Wildman–Crippen LogP) is 2.39. The number of hydrogen-bond donors (Lipinski definition) is 3. The van der Waals surface area contributed by atoms with Crippen LogP contribution in [0.25, 0.3) is 0 Å². The van der Waals surface area contributed by atoms with Crippen LogP contribution in [0.5, 0.6) is 5.75 Å². The molecule has 0 heterocycles. The third-order valence-electron chi connectivity index (χ3n) is 2.44. The third kappa shape index (κ3) is 6.85. The molecule has 0 saturated heterocycles. The van der Waals surface area contributed by atoms with Gasteiger partial charge in [0.25, 0.3) is 0 Å². The number of carbonyl (C=O) groups is 2. The molecule has 0 aliphatic carbocycles. The van der Waals surface area contributed by atoms with Crippen LogP contribution in [0, 0.1) is 0 Å². The molecule has 1 aromatic rings. The molecule has 0 fully saturated rings. The highest BCUT2D eigenvalue weighted by molar-refractivity contribution is 6.31. The molecule has 1 rings (SSSR count). The fourth-order valence-electron chi connectivity index (χ4n) is 1.52. The summed E-state index contributed by atoms with van der Waals surface area (Å²) < 4.78 is 5.54. The minimum absolute atomic E-state index is 0.137. The van der Waals surface area contributed by atoms with Crippen LogP contribution in [0.1, 0.15) is 20.3 Å². The summed E-state index contributed by atoms with van der Waals surface area (Å²) in [7, 11) is 0. The number of amides is 3. The average molecular weight is 314 g/mol. The average Bonchev–Trinajstić information content (AvgIpc) is 2.42. The van der Waals surface area contributed by atoms with Crippen molar-refractivity contribution < 1.29 is 14.3 Å². The molecule has 0 atom stereocenters. The Labute approximate surface area is 129 Å². The first-order valence-corrected chi connectivity index (χ1v) is 7.12. The van der Waals surface area contributed by atoms with Crippen molar-refractivity contribution in [2.45, 2.75) is 20.3 Å². The van der Waals surface area contributed by atoms with Gasteiger partial charge in [-0.2, -0.15) is 0 Å². The van der Waals surface area contributed by atoms with Crippen molar-refractivity contribution in [1.82, 2.24) is 10.6 Å². The van der Waals surface area contributed by atoms with Crippen molar-refractivity contribution in [3.63, 3.8) is 0 Å². The molecule has 0 radical (unpaired) electrons. The van der Waals surface area contributed by atoms with Crippen molar-refractivity contribution in [2.24, 2.45) is 0 Å². The zero-order chi connectivity index (χ0) is 15.7. The van der Waals surface area contributed by atoms with Crippen LogP contribution in [0.15, 0.2) is 18.2 Å². The maximum atomic E-state index is 11.8. The van der Waals surface area contributed by atoms with Gasteiger partial charge in [-0.3, -0.25) is 4.79 Å². The molecule has 1 aromatic carbocycles. The maximum absolute atomic E-state index is 11.8. The molecule has 0 aromatic heterocycles. The molecule has 0 saturated carbocycles. The molecule has 0 spiro atoms. The lowest BCUT2D eigenvalue weighted by Gasteiger charge is -2.13. The number of rotatable bonds is 7. The van der Waals surface area contributed by atoms with Crippen LogP contribution < -0.4 is 20.7 Å². The number of anilines is 1. The molecule has 0 aliphatic rings. The van der Waals surface area contributed by atoms with Crippen molar-refractivity contribution in [2.75, 3.05) is 25.0 Å². The summed E-state index contributed by atoms with van der Waals surface area (Å²) >= 11 is 5.92. The summed E-state index contributed by atoms with van der Waals surface area (Å²) in [6, 6.07) is 4.65. The van der Waals surface area contributed by atoms with E-state index in [1.54, 1.807) is 18.2 Å². The summed E-state index contributed by atoms with van der Waals surface area (Å²) in [4.78, 5) is 22.5. The van der Waals surface area contributed by atoms with E-state index in [-0.39, 0.29) is 11.9 Å². The van der Waals surface area contributed by atoms with E-state index >= 15 is 0 Å². The van der Waals surface area contributed by atoms with Gasteiger partial charge in [0.1, 0.15) is 5.75 Å². The topological polar surface area (TPSA) is 79.5 Å². The molecule has 21 heavy (non-hydrogen) atoms. The summed E-state index contributed by atoms with van der Waals surface area (Å²) in [5.41, 5.74) is 0.507. The zero-order valence-corrected chi connectivity index (χ0v) is 12.9. The van der Waals surface area contributed by atoms with Gasteiger partial charge in [0.15, 0.2) is 0 Å². The molecule has 7 heteroatoms. The smallest absolute Gasteiger partial charge is 0.319 e. The van der Waals surface area contributed by atoms with Gasteiger partial charge in [-0.1, -0.05) is 18.5 Å². The largest absolute Gasteiger partial charge is 0.491 e. The first-order valence-electron chi connectivity index (χ1n) is 6.74. The van der Waals surface area contributed by atoms with Crippen LogP contribution in [0.4, 0.5) is 10.5 Å². The molecular weight excluding hydrogens is 294 g/mol. The van der Waals surface area contributed by atoms with E-state index in [0.717, 1.165) is 6.42 Å². The minimum atomic E-state index is -0.385. The number of carbonyl (C=O) groups excluding carboxylic acids is 2. The molecule has 3 N–H and O–H groups in total. The van der Waals surface area contributed by atoms with Gasteiger partial charge in [-0.25, -0.2) is 4.79 Å². The zero-order valence-electron chi connectivity index (χ0n) is 12.2. The second kappa shape index (κ2) is 9.07. The van der Waals surface area contributed by atoms with Crippen LogP contribution in [0.2, 0.25) is 5.02 Å². The lowest BCUT2D eigenvalue weighted by atomic mass is 10.3. The Morgan fingerprint density at radius 2 is 1.95 bits per heavy atom. The highest BCUT2D eigenvalue weighted by atomic mass is 35.5. The molecule has 0 unspecified atom stereocenters. The van der Waals surface area contributed by atoms with Gasteiger partial charge < -0.3 is 20.7 Å². The SMILES string of the molecule is CCCOc1ccc(Cl)cc1NC(=O)NCCNC(C)=O. The number of urea groups is 1. The molecule has 3 amide bonds. The number of hydrogen-bond acceptors (Lipinski definition) is 3. The normalized spacial score (nSPS) is 9.86. The Hall–Kier alpha value is -1.95. The van der Waals surface area contributed by atoms with E-state index in [9.17, 15) is 9.59 Å². The number of nitrogens with one attached hydrogen (secondary N) is 3. The van der Waals surface area contributed by atoms with E-state index in [4.69, 9.17) is 16.3 Å².